The molecular formula is C16H14N4O. The van der Waals surface area contributed by atoms with Gasteiger partial charge in [-0.2, -0.15) is 0 Å². The molecule has 0 unspecified atom stereocenters. The summed E-state index contributed by atoms with van der Waals surface area (Å²) in [5, 5.41) is 12.0. The minimum atomic E-state index is 0.113. The highest BCUT2D eigenvalue weighted by atomic mass is 16.3. The standard InChI is InChI=1S/C16H14N4O/c1-17-8-10-3-5-12-13-6-4-11(9-18-2)20-16(13)15(21)7-14(12)19-10/h3-9,21H,1-2H3/b17-8+,18-9+. The minimum absolute atomic E-state index is 0.113. The van der Waals surface area contributed by atoms with Gasteiger partial charge >= 0.3 is 0 Å². The number of aromatic hydroxyl groups is 1. The predicted molar refractivity (Wildman–Crippen MR) is 85.7 cm³/mol. The first-order valence-electron chi connectivity index (χ1n) is 6.50. The molecular weight excluding hydrogens is 264 g/mol. The van der Waals surface area contributed by atoms with Gasteiger partial charge in [0.15, 0.2) is 0 Å². The Bertz CT molecular complexity index is 884. The second-order valence-electron chi connectivity index (χ2n) is 4.61. The van der Waals surface area contributed by atoms with Crippen LogP contribution in [0.25, 0.3) is 21.8 Å². The first kappa shape index (κ1) is 13.2. The summed E-state index contributed by atoms with van der Waals surface area (Å²) in [5.41, 5.74) is 2.74. The smallest absolute Gasteiger partial charge is 0.144 e. The SMILES string of the molecule is C/N=C/c1ccc2c(cc(O)c3nc(/C=N/C)ccc32)n1. The van der Waals surface area contributed by atoms with E-state index in [1.54, 1.807) is 32.6 Å². The molecule has 1 aromatic carbocycles. The fourth-order valence-corrected chi connectivity index (χ4v) is 2.32. The van der Waals surface area contributed by atoms with E-state index in [0.29, 0.717) is 11.2 Å². The maximum atomic E-state index is 10.2. The van der Waals surface area contributed by atoms with Crippen LogP contribution in [0, 0.1) is 0 Å². The van der Waals surface area contributed by atoms with Crippen molar-refractivity contribution < 1.29 is 5.11 Å². The van der Waals surface area contributed by atoms with Crippen LogP contribution >= 0.6 is 0 Å². The molecule has 21 heavy (non-hydrogen) atoms. The molecule has 3 aromatic rings. The molecule has 0 fully saturated rings. The second-order valence-corrected chi connectivity index (χ2v) is 4.61. The Hall–Kier alpha value is -2.82. The average molecular weight is 278 g/mol. The Kier molecular flexibility index (Phi) is 3.31. The van der Waals surface area contributed by atoms with Crippen molar-refractivity contribution in [3.05, 3.63) is 41.7 Å². The van der Waals surface area contributed by atoms with Gasteiger partial charge in [0, 0.05) is 43.4 Å². The number of hydrogen-bond acceptors (Lipinski definition) is 5. The average Bonchev–Trinajstić information content (AvgIpc) is 2.48. The Morgan fingerprint density at radius 2 is 1.52 bits per heavy atom. The number of aromatic nitrogens is 2. The van der Waals surface area contributed by atoms with Crippen LogP contribution < -0.4 is 0 Å². The summed E-state index contributed by atoms with van der Waals surface area (Å²) >= 11 is 0. The number of aliphatic imine (C=N–C) groups is 2. The highest BCUT2D eigenvalue weighted by molar-refractivity contribution is 6.08. The first-order chi connectivity index (χ1) is 10.2. The predicted octanol–water partition coefficient (Wildman–Crippen LogP) is 2.59. The van der Waals surface area contributed by atoms with E-state index in [2.05, 4.69) is 20.0 Å². The molecule has 0 aliphatic carbocycles. The maximum absolute atomic E-state index is 10.2. The summed E-state index contributed by atoms with van der Waals surface area (Å²) in [7, 11) is 3.39. The number of benzene rings is 1. The molecule has 0 bridgehead atoms. The summed E-state index contributed by atoms with van der Waals surface area (Å²) in [5.74, 6) is 0.113. The van der Waals surface area contributed by atoms with Gasteiger partial charge in [0.05, 0.1) is 16.9 Å². The van der Waals surface area contributed by atoms with Crippen molar-refractivity contribution in [1.82, 2.24) is 9.97 Å². The van der Waals surface area contributed by atoms with Crippen LogP contribution in [0.3, 0.4) is 0 Å². The van der Waals surface area contributed by atoms with Crippen LogP contribution in [0.4, 0.5) is 0 Å². The first-order valence-corrected chi connectivity index (χ1v) is 6.50. The lowest BCUT2D eigenvalue weighted by molar-refractivity contribution is 0.481. The normalized spacial score (nSPS) is 12.1. The van der Waals surface area contributed by atoms with Gasteiger partial charge in [-0.3, -0.25) is 9.98 Å². The van der Waals surface area contributed by atoms with Gasteiger partial charge in [0.25, 0.3) is 0 Å². The Balaban J connectivity index is 2.33. The fraction of sp³-hybridized carbons (Fsp3) is 0.125. The van der Waals surface area contributed by atoms with Gasteiger partial charge < -0.3 is 5.11 Å². The molecule has 104 valence electrons. The molecule has 0 saturated carbocycles. The number of rotatable bonds is 2. The zero-order valence-electron chi connectivity index (χ0n) is 11.8. The summed E-state index contributed by atoms with van der Waals surface area (Å²) in [4.78, 5) is 16.8. The summed E-state index contributed by atoms with van der Waals surface area (Å²) < 4.78 is 0. The molecule has 5 nitrogen and oxygen atoms in total. The quantitative estimate of drug-likeness (QED) is 0.578. The van der Waals surface area contributed by atoms with Gasteiger partial charge in [-0.1, -0.05) is 0 Å². The highest BCUT2D eigenvalue weighted by Gasteiger charge is 2.09. The number of hydrogen-bond donors (Lipinski definition) is 1. The van der Waals surface area contributed by atoms with Crippen molar-refractivity contribution in [2.45, 2.75) is 0 Å². The fourth-order valence-electron chi connectivity index (χ4n) is 2.32. The highest BCUT2D eigenvalue weighted by Crippen LogP contribution is 2.30. The van der Waals surface area contributed by atoms with Crippen molar-refractivity contribution in [3.63, 3.8) is 0 Å². The molecule has 2 heterocycles. The molecule has 5 heteroatoms. The van der Waals surface area contributed by atoms with E-state index in [1.807, 2.05) is 24.3 Å². The maximum Gasteiger partial charge on any atom is 0.144 e. The van der Waals surface area contributed by atoms with Gasteiger partial charge in [-0.05, 0) is 24.3 Å². The Morgan fingerprint density at radius 1 is 0.905 bits per heavy atom. The second kappa shape index (κ2) is 5.28. The topological polar surface area (TPSA) is 70.7 Å². The summed E-state index contributed by atoms with van der Waals surface area (Å²) in [6.45, 7) is 0. The van der Waals surface area contributed by atoms with E-state index < -0.39 is 0 Å². The molecule has 0 spiro atoms. The number of fused-ring (bicyclic) bond motifs is 3. The molecule has 0 saturated heterocycles. The monoisotopic (exact) mass is 278 g/mol. The zero-order valence-corrected chi connectivity index (χ0v) is 11.8. The van der Waals surface area contributed by atoms with Crippen LogP contribution in [0.15, 0.2) is 40.3 Å². The third-order valence-corrected chi connectivity index (χ3v) is 3.19. The number of pyridine rings is 2. The summed E-state index contributed by atoms with van der Waals surface area (Å²) in [6.07, 6.45) is 3.34. The Morgan fingerprint density at radius 3 is 2.19 bits per heavy atom. The zero-order chi connectivity index (χ0) is 14.8. The Labute approximate surface area is 121 Å². The van der Waals surface area contributed by atoms with Crippen LogP contribution in [-0.2, 0) is 0 Å². The van der Waals surface area contributed by atoms with Crippen LogP contribution in [-0.4, -0.2) is 41.6 Å². The molecule has 0 radical (unpaired) electrons. The molecule has 0 amide bonds. The molecule has 3 rings (SSSR count). The van der Waals surface area contributed by atoms with Crippen molar-refractivity contribution in [2.75, 3.05) is 14.1 Å². The van der Waals surface area contributed by atoms with Crippen LogP contribution in [0.1, 0.15) is 11.4 Å². The number of phenols is 1. The third-order valence-electron chi connectivity index (χ3n) is 3.19. The molecule has 1 N–H and O–H groups in total. The largest absolute Gasteiger partial charge is 0.506 e. The molecule has 0 aliphatic rings. The van der Waals surface area contributed by atoms with E-state index in [-0.39, 0.29) is 5.75 Å². The van der Waals surface area contributed by atoms with Gasteiger partial charge in [-0.15, -0.1) is 0 Å². The van der Waals surface area contributed by atoms with Crippen molar-refractivity contribution in [1.29, 1.82) is 0 Å². The van der Waals surface area contributed by atoms with E-state index in [1.165, 1.54) is 0 Å². The van der Waals surface area contributed by atoms with E-state index in [0.717, 1.165) is 22.0 Å². The van der Waals surface area contributed by atoms with Crippen molar-refractivity contribution >= 4 is 34.2 Å². The van der Waals surface area contributed by atoms with Crippen molar-refractivity contribution in [3.8, 4) is 5.75 Å². The summed E-state index contributed by atoms with van der Waals surface area (Å²) in [6, 6.07) is 9.29. The van der Waals surface area contributed by atoms with E-state index >= 15 is 0 Å². The molecule has 0 aliphatic heterocycles. The van der Waals surface area contributed by atoms with Crippen LogP contribution in [0.5, 0.6) is 5.75 Å². The molecule has 0 atom stereocenters. The van der Waals surface area contributed by atoms with Crippen LogP contribution in [0.2, 0.25) is 0 Å². The minimum Gasteiger partial charge on any atom is -0.506 e. The van der Waals surface area contributed by atoms with Gasteiger partial charge in [0.1, 0.15) is 11.3 Å². The lowest BCUT2D eigenvalue weighted by Gasteiger charge is -2.06. The van der Waals surface area contributed by atoms with E-state index in [9.17, 15) is 5.11 Å². The third kappa shape index (κ3) is 2.33. The van der Waals surface area contributed by atoms with Gasteiger partial charge in [-0.25, -0.2) is 9.97 Å². The lowest BCUT2D eigenvalue weighted by Crippen LogP contribution is -1.93. The molecule has 2 aromatic heterocycles. The van der Waals surface area contributed by atoms with E-state index in [4.69, 9.17) is 0 Å². The number of phenolic OH excluding ortho intramolecular Hbond substituents is 1. The lowest BCUT2D eigenvalue weighted by atomic mass is 10.1. The number of nitrogens with zero attached hydrogens (tertiary/aromatic N) is 4. The van der Waals surface area contributed by atoms with Gasteiger partial charge in [0.2, 0.25) is 0 Å². The van der Waals surface area contributed by atoms with Crippen molar-refractivity contribution in [2.24, 2.45) is 9.98 Å².